The Kier molecular flexibility index (Phi) is 6.05. The van der Waals surface area contributed by atoms with E-state index in [-0.39, 0.29) is 23.1 Å². The Morgan fingerprint density at radius 1 is 1.24 bits per heavy atom. The molecule has 0 spiro atoms. The van der Waals surface area contributed by atoms with Gasteiger partial charge in [-0.15, -0.1) is 0 Å². The van der Waals surface area contributed by atoms with Crippen molar-refractivity contribution in [2.24, 2.45) is 13.0 Å². The van der Waals surface area contributed by atoms with Crippen LogP contribution in [0.1, 0.15) is 47.0 Å². The molecule has 3 N–H and O–H groups in total. The SMILES string of the molecule is CCCCn1c(N)c(NC(C)C(C)CC)c(=O)n(C)c1=O. The monoisotopic (exact) mass is 296 g/mol. The van der Waals surface area contributed by atoms with Crippen molar-refractivity contribution in [2.75, 3.05) is 11.1 Å². The maximum atomic E-state index is 12.3. The Bertz CT molecular complexity index is 589. The van der Waals surface area contributed by atoms with Crippen molar-refractivity contribution < 1.29 is 0 Å². The van der Waals surface area contributed by atoms with Crippen LogP contribution < -0.4 is 22.3 Å². The van der Waals surface area contributed by atoms with Gasteiger partial charge in [0.2, 0.25) is 0 Å². The highest BCUT2D eigenvalue weighted by Crippen LogP contribution is 2.17. The summed E-state index contributed by atoms with van der Waals surface area (Å²) in [6.07, 6.45) is 2.81. The number of hydrogen-bond donors (Lipinski definition) is 2. The molecule has 1 rings (SSSR count). The Balaban J connectivity index is 3.29. The first kappa shape index (κ1) is 17.3. The molecule has 0 aromatic carbocycles. The number of rotatable bonds is 7. The second-order valence-electron chi connectivity index (χ2n) is 5.73. The molecular weight excluding hydrogens is 268 g/mol. The predicted octanol–water partition coefficient (Wildman–Crippen LogP) is 1.78. The molecular formula is C15H28N4O2. The summed E-state index contributed by atoms with van der Waals surface area (Å²) < 4.78 is 2.61. The highest BCUT2D eigenvalue weighted by molar-refractivity contribution is 5.61. The van der Waals surface area contributed by atoms with Crippen LogP contribution in [0.15, 0.2) is 9.59 Å². The van der Waals surface area contributed by atoms with E-state index in [9.17, 15) is 9.59 Å². The molecule has 6 heteroatoms. The zero-order valence-corrected chi connectivity index (χ0v) is 13.8. The molecule has 2 atom stereocenters. The van der Waals surface area contributed by atoms with Crippen LogP contribution in [0.2, 0.25) is 0 Å². The van der Waals surface area contributed by atoms with Crippen molar-refractivity contribution in [1.29, 1.82) is 0 Å². The van der Waals surface area contributed by atoms with E-state index in [0.717, 1.165) is 23.8 Å². The summed E-state index contributed by atoms with van der Waals surface area (Å²) in [4.78, 5) is 24.5. The van der Waals surface area contributed by atoms with Gasteiger partial charge in [0, 0.05) is 19.6 Å². The number of nitrogen functional groups attached to an aromatic ring is 1. The number of aromatic nitrogens is 2. The number of unbranched alkanes of at least 4 members (excludes halogenated alkanes) is 1. The van der Waals surface area contributed by atoms with Crippen molar-refractivity contribution >= 4 is 11.5 Å². The van der Waals surface area contributed by atoms with Crippen molar-refractivity contribution in [2.45, 2.75) is 59.5 Å². The van der Waals surface area contributed by atoms with Gasteiger partial charge in [-0.25, -0.2) is 4.79 Å². The van der Waals surface area contributed by atoms with Crippen LogP contribution >= 0.6 is 0 Å². The average molecular weight is 296 g/mol. The zero-order chi connectivity index (χ0) is 16.2. The Hall–Kier alpha value is -1.72. The third-order valence-corrected chi connectivity index (χ3v) is 4.19. The molecule has 1 heterocycles. The second-order valence-corrected chi connectivity index (χ2v) is 5.73. The van der Waals surface area contributed by atoms with Gasteiger partial charge in [-0.1, -0.05) is 33.6 Å². The molecule has 120 valence electrons. The van der Waals surface area contributed by atoms with Gasteiger partial charge < -0.3 is 11.1 Å². The van der Waals surface area contributed by atoms with E-state index in [1.54, 1.807) is 0 Å². The molecule has 0 bridgehead atoms. The fourth-order valence-corrected chi connectivity index (χ4v) is 2.17. The lowest BCUT2D eigenvalue weighted by Crippen LogP contribution is -2.42. The van der Waals surface area contributed by atoms with Gasteiger partial charge in [0.1, 0.15) is 11.5 Å². The summed E-state index contributed by atoms with van der Waals surface area (Å²) in [6.45, 7) is 8.82. The van der Waals surface area contributed by atoms with Gasteiger partial charge in [0.15, 0.2) is 0 Å². The smallest absolute Gasteiger partial charge is 0.332 e. The van der Waals surface area contributed by atoms with Gasteiger partial charge in [-0.3, -0.25) is 13.9 Å². The van der Waals surface area contributed by atoms with E-state index in [2.05, 4.69) is 19.2 Å². The molecule has 0 saturated heterocycles. The normalized spacial score (nSPS) is 14.0. The lowest BCUT2D eigenvalue weighted by molar-refractivity contribution is 0.492. The van der Waals surface area contributed by atoms with E-state index in [4.69, 9.17) is 5.73 Å². The summed E-state index contributed by atoms with van der Waals surface area (Å²) in [7, 11) is 1.49. The topological polar surface area (TPSA) is 82.0 Å². The third-order valence-electron chi connectivity index (χ3n) is 4.19. The first-order valence-corrected chi connectivity index (χ1v) is 7.70. The number of nitrogens with two attached hydrogens (primary N) is 1. The van der Waals surface area contributed by atoms with Crippen LogP contribution in [-0.4, -0.2) is 15.2 Å². The molecule has 6 nitrogen and oxygen atoms in total. The van der Waals surface area contributed by atoms with Crippen LogP contribution in [0.5, 0.6) is 0 Å². The number of anilines is 2. The van der Waals surface area contributed by atoms with Crippen molar-refractivity contribution in [3.8, 4) is 0 Å². The molecule has 0 aliphatic rings. The van der Waals surface area contributed by atoms with E-state index in [1.165, 1.54) is 11.6 Å². The third kappa shape index (κ3) is 3.68. The van der Waals surface area contributed by atoms with Crippen LogP contribution in [0, 0.1) is 5.92 Å². The Morgan fingerprint density at radius 3 is 2.38 bits per heavy atom. The predicted molar refractivity (Wildman–Crippen MR) is 87.8 cm³/mol. The standard InChI is InChI=1S/C15H28N4O2/c1-6-8-9-19-13(16)12(14(20)18(5)15(19)21)17-11(4)10(3)7-2/h10-11,17H,6-9,16H2,1-5H3. The van der Waals surface area contributed by atoms with Crippen molar-refractivity contribution in [1.82, 2.24) is 9.13 Å². The van der Waals surface area contributed by atoms with Gasteiger partial charge in [0.25, 0.3) is 5.56 Å². The number of nitrogens with zero attached hydrogens (tertiary/aromatic N) is 2. The van der Waals surface area contributed by atoms with Gasteiger partial charge in [-0.05, 0) is 19.3 Å². The Morgan fingerprint density at radius 2 is 1.86 bits per heavy atom. The summed E-state index contributed by atoms with van der Waals surface area (Å²) in [5.74, 6) is 0.650. The molecule has 0 fully saturated rings. The maximum Gasteiger partial charge on any atom is 0.332 e. The number of nitrogens with one attached hydrogen (secondary N) is 1. The highest BCUT2D eigenvalue weighted by Gasteiger charge is 2.18. The van der Waals surface area contributed by atoms with E-state index < -0.39 is 0 Å². The minimum atomic E-state index is -0.361. The lowest BCUT2D eigenvalue weighted by Gasteiger charge is -2.23. The van der Waals surface area contributed by atoms with Crippen LogP contribution in [0.4, 0.5) is 11.5 Å². The van der Waals surface area contributed by atoms with E-state index in [0.29, 0.717) is 18.2 Å². The molecule has 0 radical (unpaired) electrons. The Labute approximate surface area is 126 Å². The maximum absolute atomic E-state index is 12.3. The summed E-state index contributed by atoms with van der Waals surface area (Å²) in [5, 5.41) is 3.20. The van der Waals surface area contributed by atoms with E-state index >= 15 is 0 Å². The molecule has 0 aliphatic carbocycles. The average Bonchev–Trinajstić information content (AvgIpc) is 2.48. The summed E-state index contributed by atoms with van der Waals surface area (Å²) >= 11 is 0. The highest BCUT2D eigenvalue weighted by atomic mass is 16.2. The lowest BCUT2D eigenvalue weighted by atomic mass is 10.0. The summed E-state index contributed by atoms with van der Waals surface area (Å²) in [6, 6.07) is 0.113. The molecule has 1 aromatic heterocycles. The van der Waals surface area contributed by atoms with Gasteiger partial charge in [-0.2, -0.15) is 0 Å². The molecule has 0 aliphatic heterocycles. The van der Waals surface area contributed by atoms with Gasteiger partial charge in [0.05, 0.1) is 0 Å². The first-order valence-electron chi connectivity index (χ1n) is 7.70. The fourth-order valence-electron chi connectivity index (χ4n) is 2.17. The quantitative estimate of drug-likeness (QED) is 0.803. The minimum absolute atomic E-state index is 0.113. The second kappa shape index (κ2) is 7.33. The molecule has 1 aromatic rings. The molecule has 0 amide bonds. The molecule has 21 heavy (non-hydrogen) atoms. The van der Waals surface area contributed by atoms with Crippen LogP contribution in [0.25, 0.3) is 0 Å². The zero-order valence-electron chi connectivity index (χ0n) is 13.8. The largest absolute Gasteiger partial charge is 0.383 e. The molecule has 2 unspecified atom stereocenters. The first-order chi connectivity index (χ1) is 9.84. The molecule has 0 saturated carbocycles. The van der Waals surface area contributed by atoms with E-state index in [1.807, 2.05) is 13.8 Å². The fraction of sp³-hybridized carbons (Fsp3) is 0.733. The number of hydrogen-bond acceptors (Lipinski definition) is 4. The summed E-state index contributed by atoms with van der Waals surface area (Å²) in [5.41, 5.74) is 5.69. The van der Waals surface area contributed by atoms with Crippen molar-refractivity contribution in [3.63, 3.8) is 0 Å². The van der Waals surface area contributed by atoms with Crippen molar-refractivity contribution in [3.05, 3.63) is 20.8 Å². The minimum Gasteiger partial charge on any atom is -0.383 e. The van der Waals surface area contributed by atoms with Crippen LogP contribution in [0.3, 0.4) is 0 Å². The van der Waals surface area contributed by atoms with Crippen LogP contribution in [-0.2, 0) is 13.6 Å². The van der Waals surface area contributed by atoms with Gasteiger partial charge >= 0.3 is 5.69 Å².